The average molecular weight is 286 g/mol. The first-order valence-electron chi connectivity index (χ1n) is 6.56. The maximum Gasteiger partial charge on any atom is 0.323 e. The van der Waals surface area contributed by atoms with Crippen molar-refractivity contribution in [2.45, 2.75) is 38.1 Å². The number of methoxy groups -OCH3 is 1. The van der Waals surface area contributed by atoms with Gasteiger partial charge in [-0.1, -0.05) is 20.8 Å². The number of likely N-dealkylation sites (tertiary alicyclic amines) is 1. The normalized spacial score (nSPS) is 30.9. The molecule has 0 aromatic rings. The summed E-state index contributed by atoms with van der Waals surface area (Å²) in [5.41, 5.74) is -0.351. The minimum atomic E-state index is -0.351. The van der Waals surface area contributed by atoms with Gasteiger partial charge in [0.05, 0.1) is 12.0 Å². The SMILES string of the molecule is COC(=O)[C@@H]1CSC2(CCN(C(=O)C(C)(C)C)C2)N1. The third kappa shape index (κ3) is 2.89. The number of thioether (sulfide) groups is 1. The molecule has 19 heavy (non-hydrogen) atoms. The molecular weight excluding hydrogens is 264 g/mol. The van der Waals surface area contributed by atoms with Crippen molar-refractivity contribution >= 4 is 23.6 Å². The van der Waals surface area contributed by atoms with E-state index >= 15 is 0 Å². The topological polar surface area (TPSA) is 58.6 Å². The van der Waals surface area contributed by atoms with Crippen molar-refractivity contribution in [2.75, 3.05) is 26.0 Å². The first-order chi connectivity index (χ1) is 8.77. The molecule has 0 saturated carbocycles. The van der Waals surface area contributed by atoms with Gasteiger partial charge in [0.1, 0.15) is 6.04 Å². The Balaban J connectivity index is 1.99. The van der Waals surface area contributed by atoms with Crippen molar-refractivity contribution in [3.05, 3.63) is 0 Å². The molecule has 2 heterocycles. The Hall–Kier alpha value is -0.750. The number of amides is 1. The second-order valence-corrected chi connectivity index (χ2v) is 7.66. The molecular formula is C13H22N2O3S. The zero-order valence-corrected chi connectivity index (χ0v) is 12.8. The summed E-state index contributed by atoms with van der Waals surface area (Å²) in [7, 11) is 1.41. The van der Waals surface area contributed by atoms with Crippen molar-refractivity contribution in [1.29, 1.82) is 0 Å². The Kier molecular flexibility index (Phi) is 3.84. The largest absolute Gasteiger partial charge is 0.468 e. The van der Waals surface area contributed by atoms with E-state index in [1.807, 2.05) is 25.7 Å². The minimum Gasteiger partial charge on any atom is -0.468 e. The van der Waals surface area contributed by atoms with Gasteiger partial charge >= 0.3 is 5.97 Å². The third-order valence-corrected chi connectivity index (χ3v) is 5.11. The zero-order chi connectivity index (χ0) is 14.3. The van der Waals surface area contributed by atoms with E-state index in [0.29, 0.717) is 12.3 Å². The molecule has 2 aliphatic heterocycles. The van der Waals surface area contributed by atoms with Gasteiger partial charge in [0.25, 0.3) is 0 Å². The number of carbonyl (C=O) groups is 2. The second-order valence-electron chi connectivity index (χ2n) is 6.25. The molecule has 0 aromatic heterocycles. The van der Waals surface area contributed by atoms with Gasteiger partial charge in [0.15, 0.2) is 0 Å². The van der Waals surface area contributed by atoms with E-state index in [1.54, 1.807) is 11.8 Å². The van der Waals surface area contributed by atoms with Crippen LogP contribution in [-0.2, 0) is 14.3 Å². The highest BCUT2D eigenvalue weighted by Crippen LogP contribution is 2.39. The van der Waals surface area contributed by atoms with E-state index in [9.17, 15) is 9.59 Å². The Bertz CT molecular complexity index is 394. The summed E-state index contributed by atoms with van der Waals surface area (Å²) < 4.78 is 4.77. The summed E-state index contributed by atoms with van der Waals surface area (Å²) in [5.74, 6) is 0.669. The minimum absolute atomic E-state index is 0.167. The van der Waals surface area contributed by atoms with E-state index in [2.05, 4.69) is 5.32 Å². The van der Waals surface area contributed by atoms with Gasteiger partial charge in [-0.05, 0) is 6.42 Å². The van der Waals surface area contributed by atoms with Crippen molar-refractivity contribution in [3.8, 4) is 0 Å². The highest BCUT2D eigenvalue weighted by Gasteiger charge is 2.48. The number of esters is 1. The van der Waals surface area contributed by atoms with Gasteiger partial charge in [-0.25, -0.2) is 0 Å². The first-order valence-corrected chi connectivity index (χ1v) is 7.55. The molecule has 2 atom stereocenters. The zero-order valence-electron chi connectivity index (χ0n) is 12.0. The predicted octanol–water partition coefficient (Wildman–Crippen LogP) is 0.839. The van der Waals surface area contributed by atoms with Crippen LogP contribution in [0.25, 0.3) is 0 Å². The monoisotopic (exact) mass is 286 g/mol. The standard InChI is InChI=1S/C13H22N2O3S/c1-12(2,3)11(17)15-6-5-13(8-15)14-9(7-19-13)10(16)18-4/h9,14H,5-8H2,1-4H3/t9-,13?/m0/s1. The number of rotatable bonds is 1. The molecule has 2 saturated heterocycles. The molecule has 6 heteroatoms. The Morgan fingerprint density at radius 2 is 2.11 bits per heavy atom. The molecule has 1 N–H and O–H groups in total. The number of hydrogen-bond donors (Lipinski definition) is 1. The van der Waals surface area contributed by atoms with Crippen LogP contribution in [-0.4, -0.2) is 53.6 Å². The Morgan fingerprint density at radius 1 is 1.42 bits per heavy atom. The van der Waals surface area contributed by atoms with Crippen molar-refractivity contribution < 1.29 is 14.3 Å². The summed E-state index contributed by atoms with van der Waals surface area (Å²) in [6.45, 7) is 7.23. The van der Waals surface area contributed by atoms with Crippen LogP contribution >= 0.6 is 11.8 Å². The van der Waals surface area contributed by atoms with Crippen LogP contribution in [0.1, 0.15) is 27.2 Å². The van der Waals surface area contributed by atoms with E-state index in [-0.39, 0.29) is 28.2 Å². The lowest BCUT2D eigenvalue weighted by Gasteiger charge is -2.28. The first kappa shape index (κ1) is 14.7. The average Bonchev–Trinajstić information content (AvgIpc) is 2.94. The third-order valence-electron chi connectivity index (χ3n) is 3.61. The molecule has 1 amide bonds. The number of hydrogen-bond acceptors (Lipinski definition) is 5. The molecule has 0 aromatic carbocycles. The lowest BCUT2D eigenvalue weighted by molar-refractivity contribution is -0.142. The van der Waals surface area contributed by atoms with Gasteiger partial charge in [0, 0.05) is 24.3 Å². The summed E-state index contributed by atoms with van der Waals surface area (Å²) in [6.07, 6.45) is 0.882. The fourth-order valence-corrected chi connectivity index (χ4v) is 3.99. The van der Waals surface area contributed by atoms with E-state index in [4.69, 9.17) is 4.74 Å². The number of ether oxygens (including phenoxy) is 1. The Labute approximate surface area is 118 Å². The van der Waals surface area contributed by atoms with Crippen LogP contribution < -0.4 is 5.32 Å². The molecule has 1 unspecified atom stereocenters. The van der Waals surface area contributed by atoms with Crippen LogP contribution in [0.3, 0.4) is 0 Å². The smallest absolute Gasteiger partial charge is 0.323 e. The second kappa shape index (κ2) is 4.98. The van der Waals surface area contributed by atoms with E-state index < -0.39 is 0 Å². The van der Waals surface area contributed by atoms with Crippen molar-refractivity contribution in [3.63, 3.8) is 0 Å². The maximum atomic E-state index is 12.3. The van der Waals surface area contributed by atoms with Gasteiger partial charge in [-0.15, -0.1) is 11.8 Å². The van der Waals surface area contributed by atoms with Crippen LogP contribution in [0.5, 0.6) is 0 Å². The molecule has 2 rings (SSSR count). The van der Waals surface area contributed by atoms with Crippen LogP contribution in [0, 0.1) is 5.41 Å². The van der Waals surface area contributed by atoms with Gasteiger partial charge in [-0.3, -0.25) is 14.9 Å². The molecule has 5 nitrogen and oxygen atoms in total. The number of nitrogens with zero attached hydrogens (tertiary/aromatic N) is 1. The fraction of sp³-hybridized carbons (Fsp3) is 0.846. The van der Waals surface area contributed by atoms with Crippen LogP contribution in [0.15, 0.2) is 0 Å². The number of nitrogens with one attached hydrogen (secondary N) is 1. The van der Waals surface area contributed by atoms with Crippen LogP contribution in [0.2, 0.25) is 0 Å². The predicted molar refractivity (Wildman–Crippen MR) is 74.8 cm³/mol. The van der Waals surface area contributed by atoms with E-state index in [0.717, 1.165) is 13.0 Å². The van der Waals surface area contributed by atoms with Crippen molar-refractivity contribution in [2.24, 2.45) is 5.41 Å². The summed E-state index contributed by atoms with van der Waals surface area (Å²) in [5, 5.41) is 3.35. The van der Waals surface area contributed by atoms with Gasteiger partial charge in [0.2, 0.25) is 5.91 Å². The quantitative estimate of drug-likeness (QED) is 0.724. The molecule has 0 aliphatic carbocycles. The molecule has 0 radical (unpaired) electrons. The lowest BCUT2D eigenvalue weighted by atomic mass is 9.95. The summed E-state index contributed by atoms with van der Waals surface area (Å²) in [4.78, 5) is 25.6. The van der Waals surface area contributed by atoms with Gasteiger partial charge < -0.3 is 9.64 Å². The highest BCUT2D eigenvalue weighted by atomic mass is 32.2. The lowest BCUT2D eigenvalue weighted by Crippen LogP contribution is -2.48. The van der Waals surface area contributed by atoms with Gasteiger partial charge in [-0.2, -0.15) is 0 Å². The highest BCUT2D eigenvalue weighted by molar-refractivity contribution is 8.01. The maximum absolute atomic E-state index is 12.3. The number of carbonyl (C=O) groups excluding carboxylic acids is 2. The van der Waals surface area contributed by atoms with Crippen LogP contribution in [0.4, 0.5) is 0 Å². The fourth-order valence-electron chi connectivity index (χ4n) is 2.58. The van der Waals surface area contributed by atoms with E-state index in [1.165, 1.54) is 7.11 Å². The molecule has 2 aliphatic rings. The summed E-state index contributed by atoms with van der Waals surface area (Å²) >= 11 is 1.73. The van der Waals surface area contributed by atoms with Crippen molar-refractivity contribution in [1.82, 2.24) is 10.2 Å². The Morgan fingerprint density at radius 3 is 2.68 bits per heavy atom. The molecule has 2 fully saturated rings. The molecule has 0 bridgehead atoms. The summed E-state index contributed by atoms with van der Waals surface area (Å²) in [6, 6.07) is -0.250. The molecule has 1 spiro atoms. The molecule has 108 valence electrons.